The molecule has 0 bridgehead atoms. The highest BCUT2D eigenvalue weighted by Gasteiger charge is 2.22. The largest absolute Gasteiger partial charge is 0.326 e. The van der Waals surface area contributed by atoms with Crippen molar-refractivity contribution >= 4 is 23.4 Å². The van der Waals surface area contributed by atoms with E-state index in [1.54, 1.807) is 0 Å². The van der Waals surface area contributed by atoms with Gasteiger partial charge in [0.05, 0.1) is 0 Å². The first-order valence-corrected chi connectivity index (χ1v) is 7.94. The quantitative estimate of drug-likeness (QED) is 0.805. The van der Waals surface area contributed by atoms with Crippen molar-refractivity contribution in [3.8, 4) is 0 Å². The molecule has 102 valence electrons. The van der Waals surface area contributed by atoms with E-state index < -0.39 is 0 Å². The zero-order valence-corrected chi connectivity index (χ0v) is 13.3. The molecule has 0 aliphatic carbocycles. The lowest BCUT2D eigenvalue weighted by atomic mass is 10.0. The molecule has 18 heavy (non-hydrogen) atoms. The number of halogens is 1. The molecule has 3 atom stereocenters. The summed E-state index contributed by atoms with van der Waals surface area (Å²) < 4.78 is 0. The third-order valence-corrected chi connectivity index (χ3v) is 5.50. The predicted molar refractivity (Wildman–Crippen MR) is 84.4 cm³/mol. The van der Waals surface area contributed by atoms with E-state index in [4.69, 9.17) is 17.3 Å². The predicted octanol–water partition coefficient (Wildman–Crippen LogP) is 4.90. The smallest absolute Gasteiger partial charge is 0.0451 e. The zero-order chi connectivity index (χ0) is 13.7. The molecule has 0 aromatic heterocycles. The van der Waals surface area contributed by atoms with Crippen LogP contribution in [0, 0.1) is 5.92 Å². The van der Waals surface area contributed by atoms with Crippen LogP contribution in [0.1, 0.15) is 44.9 Å². The number of thioether (sulfide) groups is 1. The van der Waals surface area contributed by atoms with Crippen LogP contribution in [-0.4, -0.2) is 11.3 Å². The molecule has 1 nitrogen and oxygen atoms in total. The third-order valence-electron chi connectivity index (χ3n) is 3.36. The van der Waals surface area contributed by atoms with Gasteiger partial charge in [0.1, 0.15) is 0 Å². The average Bonchev–Trinajstić information content (AvgIpc) is 2.35. The topological polar surface area (TPSA) is 26.0 Å². The lowest BCUT2D eigenvalue weighted by Crippen LogP contribution is -2.27. The Morgan fingerprint density at radius 2 is 1.72 bits per heavy atom. The first-order valence-electron chi connectivity index (χ1n) is 6.62. The highest BCUT2D eigenvalue weighted by molar-refractivity contribution is 8.00. The molecule has 1 aromatic rings. The van der Waals surface area contributed by atoms with Gasteiger partial charge >= 0.3 is 0 Å². The standard InChI is InChI=1S/C15H24ClNS/c1-5-14(17)15(18-11(4)10(2)3)12-6-8-13(16)9-7-12/h6-11,14-15H,5,17H2,1-4H3. The van der Waals surface area contributed by atoms with E-state index in [9.17, 15) is 0 Å². The number of benzene rings is 1. The molecular weight excluding hydrogens is 262 g/mol. The number of hydrogen-bond donors (Lipinski definition) is 1. The highest BCUT2D eigenvalue weighted by Crippen LogP contribution is 2.38. The van der Waals surface area contributed by atoms with Crippen LogP contribution in [-0.2, 0) is 0 Å². The van der Waals surface area contributed by atoms with E-state index in [2.05, 4.69) is 39.8 Å². The van der Waals surface area contributed by atoms with Crippen LogP contribution >= 0.6 is 23.4 Å². The molecule has 0 fully saturated rings. The van der Waals surface area contributed by atoms with Gasteiger partial charge in [0.2, 0.25) is 0 Å². The normalized spacial score (nSPS) is 16.6. The van der Waals surface area contributed by atoms with Crippen molar-refractivity contribution in [1.82, 2.24) is 0 Å². The number of nitrogens with two attached hydrogens (primary N) is 1. The molecule has 0 amide bonds. The fraction of sp³-hybridized carbons (Fsp3) is 0.600. The van der Waals surface area contributed by atoms with E-state index in [0.717, 1.165) is 11.4 Å². The molecule has 3 unspecified atom stereocenters. The van der Waals surface area contributed by atoms with Gasteiger partial charge in [-0.3, -0.25) is 0 Å². The second-order valence-electron chi connectivity index (χ2n) is 5.13. The van der Waals surface area contributed by atoms with Gasteiger partial charge in [0.25, 0.3) is 0 Å². The Hall–Kier alpha value is -0.180. The zero-order valence-electron chi connectivity index (χ0n) is 11.7. The van der Waals surface area contributed by atoms with E-state index in [-0.39, 0.29) is 6.04 Å². The molecule has 2 N–H and O–H groups in total. The van der Waals surface area contributed by atoms with Crippen molar-refractivity contribution in [2.24, 2.45) is 11.7 Å². The maximum atomic E-state index is 6.28. The van der Waals surface area contributed by atoms with E-state index in [1.807, 2.05) is 23.9 Å². The summed E-state index contributed by atoms with van der Waals surface area (Å²) in [6, 6.07) is 8.29. The Bertz CT molecular complexity index is 350. The summed E-state index contributed by atoms with van der Waals surface area (Å²) in [6.45, 7) is 8.94. The molecule has 0 aliphatic rings. The summed E-state index contributed by atoms with van der Waals surface area (Å²) in [4.78, 5) is 0. The maximum Gasteiger partial charge on any atom is 0.0451 e. The summed E-state index contributed by atoms with van der Waals surface area (Å²) in [7, 11) is 0. The Labute approximate surface area is 120 Å². The lowest BCUT2D eigenvalue weighted by Gasteiger charge is -2.27. The SMILES string of the molecule is CCC(N)C(SC(C)C(C)C)c1ccc(Cl)cc1. The fourth-order valence-corrected chi connectivity index (χ4v) is 3.29. The van der Waals surface area contributed by atoms with Gasteiger partial charge in [-0.15, -0.1) is 11.8 Å². The van der Waals surface area contributed by atoms with Gasteiger partial charge in [-0.2, -0.15) is 0 Å². The first-order chi connectivity index (χ1) is 8.45. The van der Waals surface area contributed by atoms with Crippen LogP contribution in [0.25, 0.3) is 0 Å². The lowest BCUT2D eigenvalue weighted by molar-refractivity contribution is 0.609. The van der Waals surface area contributed by atoms with Crippen molar-refractivity contribution in [3.63, 3.8) is 0 Å². The molecule has 0 spiro atoms. The van der Waals surface area contributed by atoms with Gasteiger partial charge in [-0.25, -0.2) is 0 Å². The fourth-order valence-electron chi connectivity index (χ4n) is 1.68. The Balaban J connectivity index is 2.87. The Morgan fingerprint density at radius 1 is 1.17 bits per heavy atom. The minimum Gasteiger partial charge on any atom is -0.326 e. The minimum absolute atomic E-state index is 0.192. The molecule has 0 aliphatic heterocycles. The van der Waals surface area contributed by atoms with Crippen LogP contribution in [0.15, 0.2) is 24.3 Å². The second kappa shape index (κ2) is 7.42. The molecular formula is C15H24ClNS. The first kappa shape index (κ1) is 15.9. The summed E-state index contributed by atoms with van der Waals surface area (Å²) >= 11 is 7.92. The Kier molecular flexibility index (Phi) is 6.54. The summed E-state index contributed by atoms with van der Waals surface area (Å²) in [6.07, 6.45) is 0.991. The maximum absolute atomic E-state index is 6.28. The van der Waals surface area contributed by atoms with Gasteiger partial charge < -0.3 is 5.73 Å². The Morgan fingerprint density at radius 3 is 2.17 bits per heavy atom. The van der Waals surface area contributed by atoms with E-state index in [1.165, 1.54) is 5.56 Å². The van der Waals surface area contributed by atoms with Crippen molar-refractivity contribution in [2.45, 2.75) is 50.7 Å². The summed E-state index contributed by atoms with van der Waals surface area (Å²) in [5, 5.41) is 1.73. The molecule has 3 heteroatoms. The van der Waals surface area contributed by atoms with E-state index in [0.29, 0.717) is 16.4 Å². The van der Waals surface area contributed by atoms with Crippen LogP contribution in [0.4, 0.5) is 0 Å². The number of hydrogen-bond acceptors (Lipinski definition) is 2. The van der Waals surface area contributed by atoms with Gasteiger partial charge in [-0.05, 0) is 30.0 Å². The highest BCUT2D eigenvalue weighted by atomic mass is 35.5. The van der Waals surface area contributed by atoms with Crippen molar-refractivity contribution in [3.05, 3.63) is 34.9 Å². The molecule has 0 saturated heterocycles. The molecule has 0 radical (unpaired) electrons. The second-order valence-corrected chi connectivity index (χ2v) is 7.09. The van der Waals surface area contributed by atoms with Gasteiger partial charge in [-0.1, -0.05) is 51.4 Å². The van der Waals surface area contributed by atoms with Crippen molar-refractivity contribution < 1.29 is 0 Å². The molecule has 1 rings (SSSR count). The number of rotatable bonds is 6. The summed E-state index contributed by atoms with van der Waals surface area (Å²) in [5.41, 5.74) is 7.57. The average molecular weight is 286 g/mol. The van der Waals surface area contributed by atoms with Crippen LogP contribution < -0.4 is 5.73 Å². The van der Waals surface area contributed by atoms with E-state index >= 15 is 0 Å². The van der Waals surface area contributed by atoms with Crippen LogP contribution in [0.2, 0.25) is 5.02 Å². The van der Waals surface area contributed by atoms with Gasteiger partial charge in [0, 0.05) is 21.6 Å². The van der Waals surface area contributed by atoms with Crippen molar-refractivity contribution in [2.75, 3.05) is 0 Å². The third kappa shape index (κ3) is 4.49. The molecule has 0 heterocycles. The van der Waals surface area contributed by atoms with Crippen molar-refractivity contribution in [1.29, 1.82) is 0 Å². The molecule has 1 aromatic carbocycles. The van der Waals surface area contributed by atoms with Crippen LogP contribution in [0.5, 0.6) is 0 Å². The molecule has 0 saturated carbocycles. The monoisotopic (exact) mass is 285 g/mol. The van der Waals surface area contributed by atoms with Crippen LogP contribution in [0.3, 0.4) is 0 Å². The minimum atomic E-state index is 0.192. The van der Waals surface area contributed by atoms with Gasteiger partial charge in [0.15, 0.2) is 0 Å². The summed E-state index contributed by atoms with van der Waals surface area (Å²) in [5.74, 6) is 0.661.